The van der Waals surface area contributed by atoms with Crippen molar-refractivity contribution in [2.45, 2.75) is 97.7 Å². The highest BCUT2D eigenvalue weighted by Gasteiger charge is 2.29. The topological polar surface area (TPSA) is 55.8 Å². The number of aliphatic carboxylic acids is 1. The molecule has 0 saturated carbocycles. The number of aryl methyl sites for hydroxylation is 1. The van der Waals surface area contributed by atoms with Gasteiger partial charge in [0.15, 0.2) is 6.10 Å². The summed E-state index contributed by atoms with van der Waals surface area (Å²) in [7, 11) is 0. The quantitative estimate of drug-likeness (QED) is 0.380. The van der Waals surface area contributed by atoms with Gasteiger partial charge in [-0.15, -0.1) is 0 Å². The van der Waals surface area contributed by atoms with Crippen LogP contribution in [0.3, 0.4) is 0 Å². The molecule has 1 aliphatic heterocycles. The maximum Gasteiger partial charge on any atom is 0.344 e. The van der Waals surface area contributed by atoms with E-state index in [-0.39, 0.29) is 5.60 Å². The van der Waals surface area contributed by atoms with Gasteiger partial charge in [-0.05, 0) is 74.3 Å². The van der Waals surface area contributed by atoms with E-state index in [1.54, 1.807) is 0 Å². The van der Waals surface area contributed by atoms with Crippen LogP contribution in [0.2, 0.25) is 0 Å². The van der Waals surface area contributed by atoms with E-state index in [0.717, 1.165) is 42.9 Å². The fourth-order valence-electron chi connectivity index (χ4n) is 3.93. The molecule has 3 atom stereocenters. The van der Waals surface area contributed by atoms with Crippen LogP contribution in [0.25, 0.3) is 0 Å². The van der Waals surface area contributed by atoms with Gasteiger partial charge < -0.3 is 14.6 Å². The number of hydrogen-bond acceptors (Lipinski definition) is 3. The van der Waals surface area contributed by atoms with Gasteiger partial charge in [-0.2, -0.15) is 0 Å². The minimum absolute atomic E-state index is 0.293. The Balaban J connectivity index is 1.92. The van der Waals surface area contributed by atoms with Crippen LogP contribution in [0.15, 0.2) is 30.4 Å². The third kappa shape index (κ3) is 7.70. The Morgan fingerprint density at radius 1 is 1.27 bits per heavy atom. The summed E-state index contributed by atoms with van der Waals surface area (Å²) < 4.78 is 12.0. The summed E-state index contributed by atoms with van der Waals surface area (Å²) in [6.07, 6.45) is 11.8. The second kappa shape index (κ2) is 11.4. The zero-order valence-corrected chi connectivity index (χ0v) is 19.4. The van der Waals surface area contributed by atoms with E-state index >= 15 is 0 Å². The first-order valence-electron chi connectivity index (χ1n) is 11.6. The largest absolute Gasteiger partial charge is 0.483 e. The number of carboxylic acid groups (broad SMARTS) is 1. The molecule has 0 bridgehead atoms. The third-order valence-electron chi connectivity index (χ3n) is 5.86. The van der Waals surface area contributed by atoms with Gasteiger partial charge in [0.05, 0.1) is 0 Å². The van der Waals surface area contributed by atoms with Crippen molar-refractivity contribution in [1.82, 2.24) is 0 Å². The molecule has 30 heavy (non-hydrogen) atoms. The summed E-state index contributed by atoms with van der Waals surface area (Å²) in [6.45, 7) is 11.0. The summed E-state index contributed by atoms with van der Waals surface area (Å²) in [5.41, 5.74) is 0.791. The van der Waals surface area contributed by atoms with Crippen LogP contribution in [0.5, 0.6) is 11.5 Å². The maximum absolute atomic E-state index is 11.3. The predicted octanol–water partition coefficient (Wildman–Crippen LogP) is 6.81. The first kappa shape index (κ1) is 24.3. The van der Waals surface area contributed by atoms with Crippen molar-refractivity contribution in [3.8, 4) is 11.5 Å². The minimum Gasteiger partial charge on any atom is -0.483 e. The number of ether oxygens (including phenoxy) is 2. The molecule has 1 N–H and O–H groups in total. The van der Waals surface area contributed by atoms with Gasteiger partial charge in [-0.1, -0.05) is 59.5 Å². The lowest BCUT2D eigenvalue weighted by molar-refractivity contribution is -0.145. The third-order valence-corrected chi connectivity index (χ3v) is 5.86. The van der Waals surface area contributed by atoms with Crippen LogP contribution in [0.4, 0.5) is 0 Å². The zero-order chi connectivity index (χ0) is 22.1. The summed E-state index contributed by atoms with van der Waals surface area (Å²) >= 11 is 0. The Hall–Kier alpha value is -1.97. The fourth-order valence-corrected chi connectivity index (χ4v) is 3.93. The van der Waals surface area contributed by atoms with Crippen molar-refractivity contribution in [1.29, 1.82) is 0 Å². The van der Waals surface area contributed by atoms with E-state index in [0.29, 0.717) is 18.1 Å². The second-order valence-corrected chi connectivity index (χ2v) is 9.49. The Morgan fingerprint density at radius 3 is 2.70 bits per heavy atom. The van der Waals surface area contributed by atoms with Crippen molar-refractivity contribution in [3.63, 3.8) is 0 Å². The molecule has 0 saturated heterocycles. The highest BCUT2D eigenvalue weighted by Crippen LogP contribution is 2.36. The van der Waals surface area contributed by atoms with Crippen molar-refractivity contribution < 1.29 is 19.4 Å². The Labute approximate surface area is 182 Å². The monoisotopic (exact) mass is 416 g/mol. The molecule has 4 nitrogen and oxygen atoms in total. The van der Waals surface area contributed by atoms with E-state index in [1.165, 1.54) is 19.3 Å². The minimum atomic E-state index is -0.915. The lowest BCUT2D eigenvalue weighted by Crippen LogP contribution is -2.34. The van der Waals surface area contributed by atoms with E-state index in [4.69, 9.17) is 9.47 Å². The van der Waals surface area contributed by atoms with Gasteiger partial charge in [0.2, 0.25) is 0 Å². The van der Waals surface area contributed by atoms with Crippen molar-refractivity contribution in [2.24, 2.45) is 11.8 Å². The number of benzene rings is 1. The van der Waals surface area contributed by atoms with Crippen LogP contribution < -0.4 is 9.47 Å². The standard InChI is InChI=1S/C26H40O4/c1-6-9-24(25(27)28)29-22-13-14-23-21(18-22)15-17-26(5,30-23)16-8-12-20(4)11-7-10-19(2)3/h8,13-14,16,18-20,24H,6-7,9-12,15,17H2,1-5H3,(H,27,28). The average Bonchev–Trinajstić information content (AvgIpc) is 2.67. The first-order chi connectivity index (χ1) is 14.2. The highest BCUT2D eigenvalue weighted by molar-refractivity contribution is 5.72. The van der Waals surface area contributed by atoms with Gasteiger partial charge in [0.1, 0.15) is 17.1 Å². The average molecular weight is 417 g/mol. The lowest BCUT2D eigenvalue weighted by Gasteiger charge is -2.34. The van der Waals surface area contributed by atoms with Crippen LogP contribution in [0.1, 0.15) is 85.1 Å². The summed E-state index contributed by atoms with van der Waals surface area (Å²) in [6, 6.07) is 5.66. The van der Waals surface area contributed by atoms with Crippen LogP contribution in [0, 0.1) is 11.8 Å². The smallest absolute Gasteiger partial charge is 0.344 e. The van der Waals surface area contributed by atoms with E-state index in [9.17, 15) is 9.90 Å². The number of fused-ring (bicyclic) bond motifs is 1. The Morgan fingerprint density at radius 2 is 2.03 bits per heavy atom. The molecule has 1 aromatic carbocycles. The van der Waals surface area contributed by atoms with Crippen LogP contribution in [-0.4, -0.2) is 22.8 Å². The predicted molar refractivity (Wildman–Crippen MR) is 122 cm³/mol. The Bertz CT molecular complexity index is 709. The summed E-state index contributed by atoms with van der Waals surface area (Å²) in [5.74, 6) is 2.04. The van der Waals surface area contributed by atoms with Crippen molar-refractivity contribution >= 4 is 5.97 Å². The molecule has 1 aliphatic rings. The molecule has 2 rings (SSSR count). The molecule has 0 fully saturated rings. The number of hydrogen-bond donors (Lipinski definition) is 1. The van der Waals surface area contributed by atoms with Crippen molar-refractivity contribution in [2.75, 3.05) is 0 Å². The fraction of sp³-hybridized carbons (Fsp3) is 0.654. The summed E-state index contributed by atoms with van der Waals surface area (Å²) in [4.78, 5) is 11.3. The molecule has 168 valence electrons. The molecule has 0 radical (unpaired) electrons. The van der Waals surface area contributed by atoms with Crippen molar-refractivity contribution in [3.05, 3.63) is 35.9 Å². The maximum atomic E-state index is 11.3. The van der Waals surface area contributed by atoms with Gasteiger partial charge in [0, 0.05) is 0 Å². The normalized spacial score (nSPS) is 20.6. The molecular weight excluding hydrogens is 376 g/mol. The van der Waals surface area contributed by atoms with Gasteiger partial charge in [0.25, 0.3) is 0 Å². The highest BCUT2D eigenvalue weighted by atomic mass is 16.5. The zero-order valence-electron chi connectivity index (χ0n) is 19.4. The lowest BCUT2D eigenvalue weighted by atomic mass is 9.91. The first-order valence-corrected chi connectivity index (χ1v) is 11.6. The molecule has 1 aromatic rings. The van der Waals surface area contributed by atoms with Gasteiger partial charge >= 0.3 is 5.97 Å². The molecule has 3 unspecified atom stereocenters. The van der Waals surface area contributed by atoms with Crippen LogP contribution in [-0.2, 0) is 11.2 Å². The molecular formula is C26H40O4. The molecule has 0 amide bonds. The van der Waals surface area contributed by atoms with Gasteiger partial charge in [-0.25, -0.2) is 4.79 Å². The second-order valence-electron chi connectivity index (χ2n) is 9.49. The van der Waals surface area contributed by atoms with Gasteiger partial charge in [-0.3, -0.25) is 0 Å². The number of carboxylic acids is 1. The van der Waals surface area contributed by atoms with Crippen LogP contribution >= 0.6 is 0 Å². The van der Waals surface area contributed by atoms with E-state index in [2.05, 4.69) is 39.8 Å². The molecule has 1 heterocycles. The number of carbonyl (C=O) groups is 1. The van der Waals surface area contributed by atoms with E-state index < -0.39 is 12.1 Å². The van der Waals surface area contributed by atoms with E-state index in [1.807, 2.05) is 25.1 Å². The molecule has 0 spiro atoms. The molecule has 0 aliphatic carbocycles. The molecule has 0 aromatic heterocycles. The summed E-state index contributed by atoms with van der Waals surface area (Å²) in [5, 5.41) is 9.31. The Kier molecular flexibility index (Phi) is 9.26. The SMILES string of the molecule is CCCC(Oc1ccc2c(c1)CCC(C)(C=CCC(C)CCCC(C)C)O2)C(=O)O. The number of allylic oxidation sites excluding steroid dienone is 1. The molecule has 4 heteroatoms. The number of rotatable bonds is 12.